The van der Waals surface area contributed by atoms with E-state index in [1.807, 2.05) is 38.2 Å². The maximum absolute atomic E-state index is 13.4. The van der Waals surface area contributed by atoms with Gasteiger partial charge >= 0.3 is 0 Å². The summed E-state index contributed by atoms with van der Waals surface area (Å²) in [7, 11) is 3.56. The quantitative estimate of drug-likeness (QED) is 0.915. The summed E-state index contributed by atoms with van der Waals surface area (Å²) in [6.45, 7) is 3.82. The lowest BCUT2D eigenvalue weighted by atomic mass is 9.95. The van der Waals surface area contributed by atoms with Crippen molar-refractivity contribution in [2.45, 2.75) is 19.9 Å². The first-order valence-corrected chi connectivity index (χ1v) is 6.64. The van der Waals surface area contributed by atoms with Gasteiger partial charge in [-0.15, -0.1) is 0 Å². The number of benzene rings is 2. The molecule has 2 aromatic carbocycles. The first-order chi connectivity index (χ1) is 9.56. The molecule has 0 bridgehead atoms. The van der Waals surface area contributed by atoms with Crippen LogP contribution in [-0.2, 0) is 0 Å². The zero-order valence-electron chi connectivity index (χ0n) is 12.3. The standard InChI is InChI=1S/C17H20FNO/c1-11-5-8-16(20-4)14(9-11)17(19-3)13-6-7-15(18)12(2)10-13/h5-10,17,19H,1-4H3. The number of methoxy groups -OCH3 is 1. The number of ether oxygens (including phenoxy) is 1. The van der Waals surface area contributed by atoms with Crippen molar-refractivity contribution in [3.63, 3.8) is 0 Å². The Morgan fingerprint density at radius 1 is 1.10 bits per heavy atom. The molecule has 3 heteroatoms. The molecule has 2 aromatic rings. The zero-order chi connectivity index (χ0) is 14.7. The Balaban J connectivity index is 2.51. The maximum atomic E-state index is 13.4. The fourth-order valence-electron chi connectivity index (χ4n) is 2.43. The van der Waals surface area contributed by atoms with Crippen LogP contribution in [0, 0.1) is 19.7 Å². The van der Waals surface area contributed by atoms with Crippen LogP contribution >= 0.6 is 0 Å². The zero-order valence-corrected chi connectivity index (χ0v) is 12.3. The third-order valence-corrected chi connectivity index (χ3v) is 3.50. The highest BCUT2D eigenvalue weighted by atomic mass is 19.1. The molecule has 0 saturated heterocycles. The maximum Gasteiger partial charge on any atom is 0.126 e. The number of rotatable bonds is 4. The molecule has 0 aliphatic rings. The van der Waals surface area contributed by atoms with Crippen LogP contribution < -0.4 is 10.1 Å². The van der Waals surface area contributed by atoms with Crippen LogP contribution in [0.1, 0.15) is 28.3 Å². The molecule has 0 heterocycles. The minimum atomic E-state index is -0.181. The van der Waals surface area contributed by atoms with E-state index in [0.29, 0.717) is 5.56 Å². The van der Waals surface area contributed by atoms with E-state index in [1.165, 1.54) is 11.6 Å². The largest absolute Gasteiger partial charge is 0.496 e. The molecule has 0 amide bonds. The Morgan fingerprint density at radius 3 is 2.45 bits per heavy atom. The van der Waals surface area contributed by atoms with Gasteiger partial charge in [-0.1, -0.05) is 29.8 Å². The SMILES string of the molecule is CNC(c1ccc(F)c(C)c1)c1cc(C)ccc1OC. The van der Waals surface area contributed by atoms with Crippen LogP contribution in [0.2, 0.25) is 0 Å². The van der Waals surface area contributed by atoms with Crippen molar-refractivity contribution in [1.82, 2.24) is 5.32 Å². The van der Waals surface area contributed by atoms with Crippen LogP contribution in [-0.4, -0.2) is 14.2 Å². The van der Waals surface area contributed by atoms with E-state index in [9.17, 15) is 4.39 Å². The molecule has 0 aliphatic heterocycles. The van der Waals surface area contributed by atoms with Gasteiger partial charge in [0.2, 0.25) is 0 Å². The molecule has 0 fully saturated rings. The van der Waals surface area contributed by atoms with Crippen molar-refractivity contribution in [2.75, 3.05) is 14.2 Å². The smallest absolute Gasteiger partial charge is 0.126 e. The molecule has 0 spiro atoms. The predicted octanol–water partition coefficient (Wildman–Crippen LogP) is 3.76. The molecule has 0 saturated carbocycles. The molecule has 1 N–H and O–H groups in total. The summed E-state index contributed by atoms with van der Waals surface area (Å²) < 4.78 is 18.9. The van der Waals surface area contributed by atoms with Crippen LogP contribution in [0.15, 0.2) is 36.4 Å². The second-order valence-electron chi connectivity index (χ2n) is 4.98. The number of halogens is 1. The van der Waals surface area contributed by atoms with Gasteiger partial charge in [0.15, 0.2) is 0 Å². The van der Waals surface area contributed by atoms with Gasteiger partial charge in [0.05, 0.1) is 13.2 Å². The van der Waals surface area contributed by atoms with Crippen LogP contribution in [0.4, 0.5) is 4.39 Å². The van der Waals surface area contributed by atoms with Gasteiger partial charge in [0.1, 0.15) is 11.6 Å². The van der Waals surface area contributed by atoms with Crippen LogP contribution in [0.5, 0.6) is 5.75 Å². The summed E-state index contributed by atoms with van der Waals surface area (Å²) in [5.74, 6) is 0.650. The van der Waals surface area contributed by atoms with E-state index < -0.39 is 0 Å². The third kappa shape index (κ3) is 2.83. The average molecular weight is 273 g/mol. The molecule has 2 rings (SSSR count). The lowest BCUT2D eigenvalue weighted by Gasteiger charge is -2.21. The number of hydrogen-bond donors (Lipinski definition) is 1. The summed E-state index contributed by atoms with van der Waals surface area (Å²) >= 11 is 0. The van der Waals surface area contributed by atoms with E-state index in [2.05, 4.69) is 11.4 Å². The number of hydrogen-bond acceptors (Lipinski definition) is 2. The molecule has 2 nitrogen and oxygen atoms in total. The molecule has 0 aliphatic carbocycles. The molecule has 1 unspecified atom stereocenters. The predicted molar refractivity (Wildman–Crippen MR) is 79.8 cm³/mol. The molecule has 20 heavy (non-hydrogen) atoms. The lowest BCUT2D eigenvalue weighted by molar-refractivity contribution is 0.405. The van der Waals surface area contributed by atoms with Gasteiger partial charge < -0.3 is 10.1 Å². The highest BCUT2D eigenvalue weighted by Gasteiger charge is 2.17. The molecular weight excluding hydrogens is 253 g/mol. The minimum absolute atomic E-state index is 0.0239. The fourth-order valence-corrected chi connectivity index (χ4v) is 2.43. The normalized spacial score (nSPS) is 12.2. The summed E-state index contributed by atoms with van der Waals surface area (Å²) in [5.41, 5.74) is 3.89. The second-order valence-corrected chi connectivity index (χ2v) is 4.98. The van der Waals surface area contributed by atoms with Crippen molar-refractivity contribution in [2.24, 2.45) is 0 Å². The van der Waals surface area contributed by atoms with Crippen LogP contribution in [0.3, 0.4) is 0 Å². The van der Waals surface area contributed by atoms with Gasteiger partial charge in [0.25, 0.3) is 0 Å². The van der Waals surface area contributed by atoms with E-state index in [4.69, 9.17) is 4.74 Å². The highest BCUT2D eigenvalue weighted by Crippen LogP contribution is 2.31. The monoisotopic (exact) mass is 273 g/mol. The Hall–Kier alpha value is -1.87. The first kappa shape index (κ1) is 14.5. The van der Waals surface area contributed by atoms with E-state index in [0.717, 1.165) is 16.9 Å². The van der Waals surface area contributed by atoms with Gasteiger partial charge in [-0.25, -0.2) is 4.39 Å². The molecular formula is C17H20FNO. The Kier molecular flexibility index (Phi) is 4.40. The molecule has 0 aromatic heterocycles. The lowest BCUT2D eigenvalue weighted by Crippen LogP contribution is -2.19. The van der Waals surface area contributed by atoms with Crippen LogP contribution in [0.25, 0.3) is 0 Å². The molecule has 0 radical (unpaired) electrons. The van der Waals surface area contributed by atoms with Gasteiger partial charge in [-0.3, -0.25) is 0 Å². The number of nitrogens with one attached hydrogen (secondary N) is 1. The van der Waals surface area contributed by atoms with Gasteiger partial charge in [-0.05, 0) is 44.2 Å². The molecule has 1 atom stereocenters. The topological polar surface area (TPSA) is 21.3 Å². The number of aryl methyl sites for hydroxylation is 2. The molecule has 106 valence electrons. The van der Waals surface area contributed by atoms with Crippen molar-refractivity contribution in [3.8, 4) is 5.75 Å². The van der Waals surface area contributed by atoms with E-state index in [1.54, 1.807) is 14.0 Å². The minimum Gasteiger partial charge on any atom is -0.496 e. The highest BCUT2D eigenvalue weighted by molar-refractivity contribution is 5.44. The summed E-state index contributed by atoms with van der Waals surface area (Å²) in [5, 5.41) is 3.28. The van der Waals surface area contributed by atoms with Crippen molar-refractivity contribution in [3.05, 3.63) is 64.5 Å². The Labute approximate surface area is 119 Å². The van der Waals surface area contributed by atoms with Gasteiger partial charge in [-0.2, -0.15) is 0 Å². The third-order valence-electron chi connectivity index (χ3n) is 3.50. The Morgan fingerprint density at radius 2 is 1.85 bits per heavy atom. The van der Waals surface area contributed by atoms with Crippen molar-refractivity contribution >= 4 is 0 Å². The summed E-state index contributed by atoms with van der Waals surface area (Å²) in [6, 6.07) is 11.2. The van der Waals surface area contributed by atoms with Gasteiger partial charge in [0, 0.05) is 5.56 Å². The second kappa shape index (κ2) is 6.06. The van der Waals surface area contributed by atoms with E-state index in [-0.39, 0.29) is 11.9 Å². The fraction of sp³-hybridized carbons (Fsp3) is 0.294. The van der Waals surface area contributed by atoms with Crippen molar-refractivity contribution < 1.29 is 9.13 Å². The Bertz CT molecular complexity index is 610. The first-order valence-electron chi connectivity index (χ1n) is 6.64. The summed E-state index contributed by atoms with van der Waals surface area (Å²) in [6.07, 6.45) is 0. The van der Waals surface area contributed by atoms with E-state index >= 15 is 0 Å². The average Bonchev–Trinajstić information content (AvgIpc) is 2.44. The van der Waals surface area contributed by atoms with Crippen molar-refractivity contribution in [1.29, 1.82) is 0 Å². The summed E-state index contributed by atoms with van der Waals surface area (Å²) in [4.78, 5) is 0.